The first-order valence-electron chi connectivity index (χ1n) is 9.22. The smallest absolute Gasteiger partial charge is 0.317 e. The van der Waals surface area contributed by atoms with E-state index in [9.17, 15) is 4.79 Å². The van der Waals surface area contributed by atoms with Gasteiger partial charge in [-0.15, -0.1) is 10.2 Å². The van der Waals surface area contributed by atoms with Crippen molar-refractivity contribution in [2.75, 3.05) is 33.2 Å². The topological polar surface area (TPSA) is 66.3 Å². The summed E-state index contributed by atoms with van der Waals surface area (Å²) in [7, 11) is 3.65. The quantitative estimate of drug-likeness (QED) is 0.858. The molecule has 1 N–H and O–H groups in total. The van der Waals surface area contributed by atoms with Crippen LogP contribution in [-0.4, -0.2) is 63.8 Å². The van der Waals surface area contributed by atoms with Crippen LogP contribution in [0.5, 0.6) is 0 Å². The second kappa shape index (κ2) is 8.80. The molecule has 140 valence electrons. The summed E-state index contributed by atoms with van der Waals surface area (Å²) in [5, 5.41) is 10.9. The zero-order valence-corrected chi connectivity index (χ0v) is 15.6. The van der Waals surface area contributed by atoms with Crippen molar-refractivity contribution in [3.63, 3.8) is 0 Å². The summed E-state index contributed by atoms with van der Waals surface area (Å²) in [5.41, 5.74) is 1.42. The molecule has 0 aliphatic carbocycles. The van der Waals surface area contributed by atoms with Crippen molar-refractivity contribution in [1.29, 1.82) is 0 Å². The van der Waals surface area contributed by atoms with E-state index in [1.807, 2.05) is 11.6 Å². The number of piperidine rings is 1. The highest BCUT2D eigenvalue weighted by Gasteiger charge is 2.21. The fourth-order valence-corrected chi connectivity index (χ4v) is 3.45. The minimum Gasteiger partial charge on any atom is -0.337 e. The number of hydrogen-bond acceptors (Lipinski definition) is 4. The number of aromatic nitrogens is 3. The second-order valence-corrected chi connectivity index (χ2v) is 7.00. The van der Waals surface area contributed by atoms with Crippen LogP contribution in [0.3, 0.4) is 0 Å². The third-order valence-electron chi connectivity index (χ3n) is 5.01. The van der Waals surface area contributed by atoms with E-state index < -0.39 is 0 Å². The number of urea groups is 1. The van der Waals surface area contributed by atoms with Crippen LogP contribution < -0.4 is 5.32 Å². The van der Waals surface area contributed by atoms with Crippen LogP contribution in [0.2, 0.25) is 0 Å². The largest absolute Gasteiger partial charge is 0.337 e. The first-order valence-corrected chi connectivity index (χ1v) is 9.22. The predicted molar refractivity (Wildman–Crippen MR) is 101 cm³/mol. The zero-order valence-electron chi connectivity index (χ0n) is 15.6. The molecule has 0 saturated carbocycles. The van der Waals surface area contributed by atoms with E-state index in [1.54, 1.807) is 18.3 Å². The molecule has 2 aromatic rings. The number of aryl methyl sites for hydroxylation is 1. The van der Waals surface area contributed by atoms with Crippen LogP contribution in [-0.2, 0) is 13.6 Å². The summed E-state index contributed by atoms with van der Waals surface area (Å²) in [6.45, 7) is 4.15. The fraction of sp³-hybridized carbons (Fsp3) is 0.526. The first-order chi connectivity index (χ1) is 12.6. The molecule has 7 heteroatoms. The number of amides is 2. The normalized spacial score (nSPS) is 17.8. The van der Waals surface area contributed by atoms with Gasteiger partial charge in [-0.2, -0.15) is 0 Å². The molecule has 2 amide bonds. The van der Waals surface area contributed by atoms with Gasteiger partial charge in [0.25, 0.3) is 0 Å². The number of benzene rings is 1. The fourth-order valence-electron chi connectivity index (χ4n) is 3.45. The lowest BCUT2D eigenvalue weighted by Crippen LogP contribution is -2.43. The molecule has 1 saturated heterocycles. The Bertz CT molecular complexity index is 701. The molecule has 2 heterocycles. The van der Waals surface area contributed by atoms with Gasteiger partial charge >= 0.3 is 6.03 Å². The van der Waals surface area contributed by atoms with Crippen molar-refractivity contribution in [3.8, 4) is 0 Å². The Labute approximate surface area is 155 Å². The Balaban J connectivity index is 1.41. The van der Waals surface area contributed by atoms with Gasteiger partial charge in [0.15, 0.2) is 5.82 Å². The van der Waals surface area contributed by atoms with Crippen LogP contribution >= 0.6 is 0 Å². The van der Waals surface area contributed by atoms with E-state index in [0.29, 0.717) is 19.0 Å². The second-order valence-electron chi connectivity index (χ2n) is 7.00. The van der Waals surface area contributed by atoms with Crippen molar-refractivity contribution in [2.45, 2.75) is 25.3 Å². The van der Waals surface area contributed by atoms with Crippen molar-refractivity contribution in [2.24, 2.45) is 7.05 Å². The Morgan fingerprint density at radius 3 is 2.88 bits per heavy atom. The molecule has 0 spiro atoms. The SMILES string of the molecule is CN(Cc1nncn1C)C(=O)NCCN1CCCC(c2ccccc2)C1. The summed E-state index contributed by atoms with van der Waals surface area (Å²) < 4.78 is 1.82. The molecule has 0 radical (unpaired) electrons. The highest BCUT2D eigenvalue weighted by molar-refractivity contribution is 5.73. The summed E-state index contributed by atoms with van der Waals surface area (Å²) in [6.07, 6.45) is 4.09. The maximum absolute atomic E-state index is 12.2. The molecule has 26 heavy (non-hydrogen) atoms. The first kappa shape index (κ1) is 18.4. The van der Waals surface area contributed by atoms with E-state index >= 15 is 0 Å². The number of nitrogens with zero attached hydrogens (tertiary/aromatic N) is 5. The molecule has 3 rings (SSSR count). The lowest BCUT2D eigenvalue weighted by Gasteiger charge is -2.33. The average molecular weight is 356 g/mol. The summed E-state index contributed by atoms with van der Waals surface area (Å²) in [4.78, 5) is 16.3. The van der Waals surface area contributed by atoms with Crippen LogP contribution in [0.1, 0.15) is 30.1 Å². The van der Waals surface area contributed by atoms with Crippen LogP contribution in [0.15, 0.2) is 36.7 Å². The Hall–Kier alpha value is -2.41. The van der Waals surface area contributed by atoms with E-state index in [1.165, 1.54) is 18.4 Å². The number of likely N-dealkylation sites (tertiary alicyclic amines) is 1. The van der Waals surface area contributed by atoms with Crippen LogP contribution in [0.25, 0.3) is 0 Å². The Morgan fingerprint density at radius 1 is 1.35 bits per heavy atom. The van der Waals surface area contributed by atoms with Crippen molar-refractivity contribution < 1.29 is 4.79 Å². The molecule has 1 atom stereocenters. The molecule has 1 aromatic heterocycles. The number of carbonyl (C=O) groups is 1. The molecule has 0 bridgehead atoms. The van der Waals surface area contributed by atoms with Gasteiger partial charge in [-0.25, -0.2) is 4.79 Å². The summed E-state index contributed by atoms with van der Waals surface area (Å²) in [5.74, 6) is 1.36. The summed E-state index contributed by atoms with van der Waals surface area (Å²) >= 11 is 0. The van der Waals surface area contributed by atoms with Gasteiger partial charge in [0.1, 0.15) is 6.33 Å². The molecular formula is C19H28N6O. The van der Waals surface area contributed by atoms with Crippen LogP contribution in [0.4, 0.5) is 4.79 Å². The molecule has 1 aliphatic heterocycles. The monoisotopic (exact) mass is 356 g/mol. The van der Waals surface area contributed by atoms with Gasteiger partial charge < -0.3 is 19.7 Å². The van der Waals surface area contributed by atoms with Gasteiger partial charge in [-0.3, -0.25) is 0 Å². The predicted octanol–water partition coefficient (Wildman–Crippen LogP) is 1.84. The lowest BCUT2D eigenvalue weighted by atomic mass is 9.91. The third kappa shape index (κ3) is 4.82. The van der Waals surface area contributed by atoms with E-state index in [0.717, 1.165) is 25.5 Å². The van der Waals surface area contributed by atoms with Gasteiger partial charge in [-0.05, 0) is 30.9 Å². The molecule has 1 unspecified atom stereocenters. The van der Waals surface area contributed by atoms with Crippen molar-refractivity contribution in [3.05, 3.63) is 48.0 Å². The highest BCUT2D eigenvalue weighted by atomic mass is 16.2. The van der Waals surface area contributed by atoms with E-state index in [4.69, 9.17) is 0 Å². The van der Waals surface area contributed by atoms with E-state index in [2.05, 4.69) is 50.7 Å². The molecule has 1 aliphatic rings. The maximum Gasteiger partial charge on any atom is 0.317 e. The highest BCUT2D eigenvalue weighted by Crippen LogP contribution is 2.26. The summed E-state index contributed by atoms with van der Waals surface area (Å²) in [6, 6.07) is 10.7. The zero-order chi connectivity index (χ0) is 18.4. The minimum absolute atomic E-state index is 0.0791. The molecule has 1 aromatic carbocycles. The van der Waals surface area contributed by atoms with Gasteiger partial charge in [0.05, 0.1) is 6.54 Å². The number of nitrogens with one attached hydrogen (secondary N) is 1. The van der Waals surface area contributed by atoms with Crippen molar-refractivity contribution >= 4 is 6.03 Å². The number of rotatable bonds is 6. The average Bonchev–Trinajstić information content (AvgIpc) is 3.07. The standard InChI is InChI=1S/C19H28N6O/c1-23(14-18-22-21-15-24(18)2)19(26)20-10-12-25-11-6-9-17(13-25)16-7-4-3-5-8-16/h3-5,7-8,15,17H,6,9-14H2,1-2H3,(H,20,26). The Kier molecular flexibility index (Phi) is 6.22. The van der Waals surface area contributed by atoms with E-state index in [-0.39, 0.29) is 6.03 Å². The minimum atomic E-state index is -0.0791. The molecule has 1 fully saturated rings. The molecular weight excluding hydrogens is 328 g/mol. The Morgan fingerprint density at radius 2 is 2.15 bits per heavy atom. The van der Waals surface area contributed by atoms with Gasteiger partial charge in [0, 0.05) is 33.7 Å². The number of carbonyl (C=O) groups excluding carboxylic acids is 1. The lowest BCUT2D eigenvalue weighted by molar-refractivity contribution is 0.192. The van der Waals surface area contributed by atoms with Gasteiger partial charge in [-0.1, -0.05) is 30.3 Å². The maximum atomic E-state index is 12.2. The third-order valence-corrected chi connectivity index (χ3v) is 5.01. The van der Waals surface area contributed by atoms with Crippen LogP contribution in [0, 0.1) is 0 Å². The van der Waals surface area contributed by atoms with Gasteiger partial charge in [0.2, 0.25) is 0 Å². The van der Waals surface area contributed by atoms with Crippen molar-refractivity contribution in [1.82, 2.24) is 29.9 Å². The number of hydrogen-bond donors (Lipinski definition) is 1. The molecule has 7 nitrogen and oxygen atoms in total.